The number of benzene rings is 1. The number of carbonyl (C=O) groups is 1. The van der Waals surface area contributed by atoms with Gasteiger partial charge in [0.1, 0.15) is 5.75 Å². The average molecular weight is 296 g/mol. The quantitative estimate of drug-likeness (QED) is 0.596. The van der Waals surface area contributed by atoms with Crippen molar-refractivity contribution in [1.82, 2.24) is 15.2 Å². The van der Waals surface area contributed by atoms with Gasteiger partial charge >= 0.3 is 0 Å². The van der Waals surface area contributed by atoms with Crippen molar-refractivity contribution in [3.05, 3.63) is 41.7 Å². The third-order valence-corrected chi connectivity index (χ3v) is 3.98. The van der Waals surface area contributed by atoms with Crippen LogP contribution in [0.3, 0.4) is 0 Å². The molecule has 2 aromatic heterocycles. The van der Waals surface area contributed by atoms with Gasteiger partial charge in [0.05, 0.1) is 6.42 Å². The maximum absolute atomic E-state index is 12.2. The lowest BCUT2D eigenvalue weighted by molar-refractivity contribution is -0.115. The van der Waals surface area contributed by atoms with E-state index in [1.165, 1.54) is 12.8 Å². The Bertz CT molecular complexity index is 845. The first-order valence-corrected chi connectivity index (χ1v) is 7.33. The number of carbonyl (C=O) groups excluding carboxylic acids is 1. The molecule has 112 valence electrons. The summed E-state index contributed by atoms with van der Waals surface area (Å²) in [6.07, 6.45) is 4.40. The van der Waals surface area contributed by atoms with Gasteiger partial charge in [-0.05, 0) is 36.6 Å². The van der Waals surface area contributed by atoms with Crippen LogP contribution in [0.1, 0.15) is 30.0 Å². The normalized spacial score (nSPS) is 14.4. The van der Waals surface area contributed by atoms with E-state index in [0.717, 1.165) is 22.2 Å². The summed E-state index contributed by atoms with van der Waals surface area (Å²) in [5, 5.41) is 20.3. The number of aromatic hydroxyl groups is 1. The van der Waals surface area contributed by atoms with E-state index in [9.17, 15) is 9.90 Å². The number of fused-ring (bicyclic) bond motifs is 1. The first kappa shape index (κ1) is 12.9. The lowest BCUT2D eigenvalue weighted by Gasteiger charge is -2.01. The summed E-state index contributed by atoms with van der Waals surface area (Å²) < 4.78 is 0. The van der Waals surface area contributed by atoms with Gasteiger partial charge in [-0.3, -0.25) is 9.89 Å². The molecule has 0 radical (unpaired) electrons. The van der Waals surface area contributed by atoms with Crippen LogP contribution in [0.4, 0.5) is 5.82 Å². The van der Waals surface area contributed by atoms with Crippen molar-refractivity contribution < 1.29 is 9.90 Å². The molecule has 0 saturated heterocycles. The van der Waals surface area contributed by atoms with Gasteiger partial charge in [0, 0.05) is 34.8 Å². The summed E-state index contributed by atoms with van der Waals surface area (Å²) in [6.45, 7) is 0. The number of nitrogens with zero attached hydrogens (tertiary/aromatic N) is 1. The van der Waals surface area contributed by atoms with Crippen molar-refractivity contribution in [3.63, 3.8) is 0 Å². The van der Waals surface area contributed by atoms with Crippen molar-refractivity contribution in [2.24, 2.45) is 0 Å². The Morgan fingerprint density at radius 1 is 1.36 bits per heavy atom. The number of phenolic OH excluding ortho intramolecular Hbond substituents is 1. The minimum Gasteiger partial charge on any atom is -0.508 e. The zero-order valence-corrected chi connectivity index (χ0v) is 11.9. The number of nitrogens with one attached hydrogen (secondary N) is 3. The maximum Gasteiger partial charge on any atom is 0.230 e. The molecule has 1 fully saturated rings. The molecule has 6 heteroatoms. The van der Waals surface area contributed by atoms with Crippen molar-refractivity contribution in [2.75, 3.05) is 5.32 Å². The van der Waals surface area contributed by atoms with Crippen LogP contribution in [-0.4, -0.2) is 26.2 Å². The van der Waals surface area contributed by atoms with E-state index in [-0.39, 0.29) is 18.1 Å². The summed E-state index contributed by atoms with van der Waals surface area (Å²) in [5.41, 5.74) is 2.84. The molecule has 22 heavy (non-hydrogen) atoms. The first-order chi connectivity index (χ1) is 10.7. The summed E-state index contributed by atoms with van der Waals surface area (Å²) in [5.74, 6) is 1.21. The smallest absolute Gasteiger partial charge is 0.230 e. The van der Waals surface area contributed by atoms with Crippen LogP contribution in [0, 0.1) is 0 Å². The Labute approximate surface area is 126 Å². The van der Waals surface area contributed by atoms with Gasteiger partial charge in [-0.15, -0.1) is 0 Å². The Kier molecular flexibility index (Phi) is 2.89. The fourth-order valence-electron chi connectivity index (χ4n) is 2.68. The molecule has 0 atom stereocenters. The SMILES string of the molecule is O=C(Cc1c[nH]c2ccc(O)cc12)Nc1cc(C2CC2)[nH]n1. The van der Waals surface area contributed by atoms with Crippen molar-refractivity contribution in [1.29, 1.82) is 0 Å². The Morgan fingerprint density at radius 3 is 3.05 bits per heavy atom. The van der Waals surface area contributed by atoms with Crippen molar-refractivity contribution in [2.45, 2.75) is 25.2 Å². The second-order valence-electron chi connectivity index (χ2n) is 5.75. The Balaban J connectivity index is 1.49. The number of hydrogen-bond donors (Lipinski definition) is 4. The molecule has 1 aromatic carbocycles. The molecular formula is C16H16N4O2. The van der Waals surface area contributed by atoms with E-state index in [1.54, 1.807) is 24.4 Å². The average Bonchev–Trinajstić information content (AvgIpc) is 3.13. The van der Waals surface area contributed by atoms with E-state index < -0.39 is 0 Å². The number of anilines is 1. The van der Waals surface area contributed by atoms with Gasteiger partial charge in [0.2, 0.25) is 5.91 Å². The molecule has 0 spiro atoms. The molecule has 1 amide bonds. The third kappa shape index (κ3) is 2.43. The van der Waals surface area contributed by atoms with E-state index in [1.807, 2.05) is 6.07 Å². The third-order valence-electron chi connectivity index (χ3n) is 3.98. The summed E-state index contributed by atoms with van der Waals surface area (Å²) in [7, 11) is 0. The van der Waals surface area contributed by atoms with E-state index in [0.29, 0.717) is 11.7 Å². The highest BCUT2D eigenvalue weighted by Crippen LogP contribution is 2.39. The van der Waals surface area contributed by atoms with Crippen molar-refractivity contribution in [3.8, 4) is 5.75 Å². The zero-order chi connectivity index (χ0) is 15.1. The molecule has 0 aliphatic heterocycles. The number of H-pyrrole nitrogens is 2. The molecule has 1 aliphatic rings. The molecule has 4 rings (SSSR count). The monoisotopic (exact) mass is 296 g/mol. The highest BCUT2D eigenvalue weighted by Gasteiger charge is 2.25. The van der Waals surface area contributed by atoms with Crippen LogP contribution in [0.25, 0.3) is 10.9 Å². The fraction of sp³-hybridized carbons (Fsp3) is 0.250. The predicted octanol–water partition coefficient (Wildman–Crippen LogP) is 2.66. The van der Waals surface area contributed by atoms with Crippen LogP contribution >= 0.6 is 0 Å². The largest absolute Gasteiger partial charge is 0.508 e. The lowest BCUT2D eigenvalue weighted by atomic mass is 10.1. The summed E-state index contributed by atoms with van der Waals surface area (Å²) in [6, 6.07) is 6.97. The maximum atomic E-state index is 12.2. The standard InChI is InChI=1S/C16H16N4O2/c21-11-3-4-13-12(6-11)10(8-17-13)5-16(22)18-15-7-14(19-20-15)9-1-2-9/h3-4,6-9,17,21H,1-2,5H2,(H2,18,19,20,22). The Hall–Kier alpha value is -2.76. The van der Waals surface area contributed by atoms with E-state index in [4.69, 9.17) is 0 Å². The molecule has 2 heterocycles. The number of amides is 1. The van der Waals surface area contributed by atoms with Crippen LogP contribution in [0.15, 0.2) is 30.5 Å². The van der Waals surface area contributed by atoms with E-state index >= 15 is 0 Å². The van der Waals surface area contributed by atoms with Gasteiger partial charge in [0.25, 0.3) is 0 Å². The van der Waals surface area contributed by atoms with Crippen LogP contribution in [0.5, 0.6) is 5.75 Å². The molecule has 3 aromatic rings. The fourth-order valence-corrected chi connectivity index (χ4v) is 2.68. The summed E-state index contributed by atoms with van der Waals surface area (Å²) >= 11 is 0. The topological polar surface area (TPSA) is 93.8 Å². The predicted molar refractivity (Wildman–Crippen MR) is 82.9 cm³/mol. The number of aromatic amines is 2. The minimum atomic E-state index is -0.127. The van der Waals surface area contributed by atoms with Crippen LogP contribution < -0.4 is 5.32 Å². The van der Waals surface area contributed by atoms with Crippen LogP contribution in [-0.2, 0) is 11.2 Å². The number of aromatic nitrogens is 3. The molecule has 4 N–H and O–H groups in total. The highest BCUT2D eigenvalue weighted by atomic mass is 16.3. The minimum absolute atomic E-state index is 0.127. The molecule has 0 bridgehead atoms. The molecule has 0 unspecified atom stereocenters. The first-order valence-electron chi connectivity index (χ1n) is 7.33. The Morgan fingerprint density at radius 2 is 2.23 bits per heavy atom. The lowest BCUT2D eigenvalue weighted by Crippen LogP contribution is -2.14. The zero-order valence-electron chi connectivity index (χ0n) is 11.9. The van der Waals surface area contributed by atoms with E-state index in [2.05, 4.69) is 20.5 Å². The highest BCUT2D eigenvalue weighted by molar-refractivity contribution is 5.95. The van der Waals surface area contributed by atoms with Crippen molar-refractivity contribution >= 4 is 22.6 Å². The second kappa shape index (κ2) is 4.91. The van der Waals surface area contributed by atoms with Gasteiger partial charge in [0.15, 0.2) is 5.82 Å². The van der Waals surface area contributed by atoms with Crippen LogP contribution in [0.2, 0.25) is 0 Å². The molecular weight excluding hydrogens is 280 g/mol. The molecule has 1 saturated carbocycles. The number of hydrogen-bond acceptors (Lipinski definition) is 3. The summed E-state index contributed by atoms with van der Waals surface area (Å²) in [4.78, 5) is 15.3. The van der Waals surface area contributed by atoms with Gasteiger partial charge in [-0.1, -0.05) is 0 Å². The molecule has 6 nitrogen and oxygen atoms in total. The second-order valence-corrected chi connectivity index (χ2v) is 5.75. The van der Waals surface area contributed by atoms with Gasteiger partial charge < -0.3 is 15.4 Å². The number of phenols is 1. The van der Waals surface area contributed by atoms with Gasteiger partial charge in [-0.2, -0.15) is 5.10 Å². The molecule has 1 aliphatic carbocycles. The number of rotatable bonds is 4. The van der Waals surface area contributed by atoms with Gasteiger partial charge in [-0.25, -0.2) is 0 Å².